The molecule has 1 unspecified atom stereocenters. The van der Waals surface area contributed by atoms with Crippen molar-refractivity contribution < 1.29 is 14.3 Å². The Morgan fingerprint density at radius 1 is 1.47 bits per heavy atom. The average molecular weight is 234 g/mol. The molecule has 1 aliphatic heterocycles. The highest BCUT2D eigenvalue weighted by molar-refractivity contribution is 5.90. The number of hydrogen-bond donors (Lipinski definition) is 2. The number of methoxy groups -OCH3 is 1. The van der Waals surface area contributed by atoms with Gasteiger partial charge in [-0.15, -0.1) is 0 Å². The average Bonchev–Trinajstić information content (AvgIpc) is 2.50. The zero-order valence-corrected chi connectivity index (χ0v) is 9.53. The first-order valence-corrected chi connectivity index (χ1v) is 5.39. The van der Waals surface area contributed by atoms with Crippen molar-refractivity contribution in [3.05, 3.63) is 29.8 Å². The quantitative estimate of drug-likeness (QED) is 0.738. The maximum absolute atomic E-state index is 11.8. The number of nitrogens with one attached hydrogen (secondary N) is 2. The molecular weight excluding hydrogens is 220 g/mol. The topological polar surface area (TPSA) is 67.4 Å². The highest BCUT2D eigenvalue weighted by atomic mass is 16.5. The molecule has 1 atom stereocenters. The van der Waals surface area contributed by atoms with E-state index < -0.39 is 12.0 Å². The van der Waals surface area contributed by atoms with E-state index in [1.165, 1.54) is 7.11 Å². The third-order valence-electron chi connectivity index (χ3n) is 2.72. The van der Waals surface area contributed by atoms with Gasteiger partial charge in [-0.1, -0.05) is 18.2 Å². The molecule has 5 heteroatoms. The zero-order valence-electron chi connectivity index (χ0n) is 9.53. The first-order chi connectivity index (χ1) is 8.20. The van der Waals surface area contributed by atoms with Gasteiger partial charge in [0, 0.05) is 12.2 Å². The number of para-hydroxylation sites is 1. The summed E-state index contributed by atoms with van der Waals surface area (Å²) in [5.41, 5.74) is 1.88. The Morgan fingerprint density at radius 3 is 3.00 bits per heavy atom. The van der Waals surface area contributed by atoms with Crippen molar-refractivity contribution in [3.63, 3.8) is 0 Å². The Morgan fingerprint density at radius 2 is 2.24 bits per heavy atom. The lowest BCUT2D eigenvalue weighted by Crippen LogP contribution is -2.38. The number of esters is 1. The number of hydrogen-bond acceptors (Lipinski definition) is 4. The van der Waals surface area contributed by atoms with Crippen molar-refractivity contribution >= 4 is 17.6 Å². The molecule has 1 aromatic carbocycles. The minimum atomic E-state index is -0.578. The largest absolute Gasteiger partial charge is 0.469 e. The van der Waals surface area contributed by atoms with E-state index in [1.54, 1.807) is 0 Å². The highest BCUT2D eigenvalue weighted by Gasteiger charge is 2.25. The van der Waals surface area contributed by atoms with Crippen LogP contribution in [0.4, 0.5) is 5.69 Å². The van der Waals surface area contributed by atoms with Gasteiger partial charge in [-0.05, 0) is 11.6 Å². The monoisotopic (exact) mass is 234 g/mol. The maximum Gasteiger partial charge on any atom is 0.308 e. The van der Waals surface area contributed by atoms with Crippen molar-refractivity contribution in [3.8, 4) is 0 Å². The highest BCUT2D eigenvalue weighted by Crippen LogP contribution is 2.19. The van der Waals surface area contributed by atoms with Crippen LogP contribution in [0.25, 0.3) is 0 Å². The lowest BCUT2D eigenvalue weighted by Gasteiger charge is -2.14. The van der Waals surface area contributed by atoms with Crippen LogP contribution in [0.2, 0.25) is 0 Å². The third kappa shape index (κ3) is 2.55. The fourth-order valence-electron chi connectivity index (χ4n) is 1.77. The van der Waals surface area contributed by atoms with Crippen LogP contribution in [-0.4, -0.2) is 25.0 Å². The predicted molar refractivity (Wildman–Crippen MR) is 62.3 cm³/mol. The summed E-state index contributed by atoms with van der Waals surface area (Å²) in [4.78, 5) is 23.0. The number of carbonyl (C=O) groups excluding carboxylic acids is 2. The van der Waals surface area contributed by atoms with Crippen molar-refractivity contribution in [2.45, 2.75) is 19.0 Å². The summed E-state index contributed by atoms with van der Waals surface area (Å²) in [5.74, 6) is -0.594. The molecule has 0 radical (unpaired) electrons. The van der Waals surface area contributed by atoms with Crippen LogP contribution < -0.4 is 10.6 Å². The minimum absolute atomic E-state index is 0.0245. The molecular formula is C12H14N2O3. The van der Waals surface area contributed by atoms with Crippen molar-refractivity contribution in [2.75, 3.05) is 12.4 Å². The molecule has 2 rings (SSSR count). The normalized spacial score (nSPS) is 18.4. The van der Waals surface area contributed by atoms with E-state index in [1.807, 2.05) is 24.3 Å². The molecule has 1 aliphatic rings. The van der Waals surface area contributed by atoms with E-state index in [4.69, 9.17) is 0 Å². The number of carbonyl (C=O) groups is 2. The number of fused-ring (bicyclic) bond motifs is 1. The Bertz CT molecular complexity index is 445. The van der Waals surface area contributed by atoms with Crippen LogP contribution in [-0.2, 0) is 20.9 Å². The van der Waals surface area contributed by atoms with E-state index in [2.05, 4.69) is 15.4 Å². The summed E-state index contributed by atoms with van der Waals surface area (Å²) in [6.45, 7) is 0.472. The number of rotatable bonds is 2. The molecule has 1 amide bonds. The summed E-state index contributed by atoms with van der Waals surface area (Å²) < 4.78 is 4.57. The lowest BCUT2D eigenvalue weighted by molar-refractivity contribution is -0.142. The molecule has 0 aliphatic carbocycles. The van der Waals surface area contributed by atoms with E-state index in [0.29, 0.717) is 6.54 Å². The van der Waals surface area contributed by atoms with Gasteiger partial charge in [-0.25, -0.2) is 0 Å². The molecule has 0 saturated carbocycles. The Balaban J connectivity index is 2.18. The van der Waals surface area contributed by atoms with Gasteiger partial charge in [-0.2, -0.15) is 0 Å². The third-order valence-corrected chi connectivity index (χ3v) is 2.72. The zero-order chi connectivity index (χ0) is 12.3. The Labute approximate surface area is 99.2 Å². The summed E-state index contributed by atoms with van der Waals surface area (Å²) in [7, 11) is 1.31. The minimum Gasteiger partial charge on any atom is -0.469 e. The fourth-order valence-corrected chi connectivity index (χ4v) is 1.77. The molecule has 90 valence electrons. The summed E-state index contributed by atoms with van der Waals surface area (Å²) in [5, 5.41) is 5.83. The molecule has 0 spiro atoms. The summed E-state index contributed by atoms with van der Waals surface area (Å²) in [6.07, 6.45) is 0.0245. The van der Waals surface area contributed by atoms with Crippen LogP contribution in [0.3, 0.4) is 0 Å². The van der Waals surface area contributed by atoms with Crippen LogP contribution in [0, 0.1) is 0 Å². The maximum atomic E-state index is 11.8. The Kier molecular flexibility index (Phi) is 3.27. The van der Waals surface area contributed by atoms with Crippen molar-refractivity contribution in [2.24, 2.45) is 0 Å². The number of benzene rings is 1. The molecule has 0 fully saturated rings. The second-order valence-electron chi connectivity index (χ2n) is 3.85. The van der Waals surface area contributed by atoms with E-state index in [9.17, 15) is 9.59 Å². The second kappa shape index (κ2) is 4.86. The first kappa shape index (κ1) is 11.4. The van der Waals surface area contributed by atoms with Crippen LogP contribution in [0.15, 0.2) is 24.3 Å². The van der Waals surface area contributed by atoms with Crippen LogP contribution in [0.1, 0.15) is 12.0 Å². The molecule has 0 bridgehead atoms. The van der Waals surface area contributed by atoms with Crippen molar-refractivity contribution in [1.82, 2.24) is 5.32 Å². The predicted octanol–water partition coefficient (Wildman–Crippen LogP) is 0.660. The van der Waals surface area contributed by atoms with E-state index in [-0.39, 0.29) is 12.3 Å². The fraction of sp³-hybridized carbons (Fsp3) is 0.333. The summed E-state index contributed by atoms with van der Waals surface area (Å²) in [6, 6.07) is 7.04. The number of ether oxygens (including phenoxy) is 1. The molecule has 1 aromatic rings. The van der Waals surface area contributed by atoms with Gasteiger partial charge in [0.2, 0.25) is 5.91 Å². The van der Waals surface area contributed by atoms with E-state index in [0.717, 1.165) is 11.3 Å². The van der Waals surface area contributed by atoms with Gasteiger partial charge in [0.25, 0.3) is 0 Å². The first-order valence-electron chi connectivity index (χ1n) is 5.39. The van der Waals surface area contributed by atoms with Gasteiger partial charge in [0.15, 0.2) is 0 Å². The van der Waals surface area contributed by atoms with Crippen LogP contribution in [0.5, 0.6) is 0 Å². The smallest absolute Gasteiger partial charge is 0.308 e. The second-order valence-corrected chi connectivity index (χ2v) is 3.85. The van der Waals surface area contributed by atoms with Gasteiger partial charge >= 0.3 is 5.97 Å². The Hall–Kier alpha value is -2.04. The van der Waals surface area contributed by atoms with E-state index >= 15 is 0 Å². The molecule has 2 N–H and O–H groups in total. The number of anilines is 1. The lowest BCUT2D eigenvalue weighted by atomic mass is 10.1. The molecule has 5 nitrogen and oxygen atoms in total. The van der Waals surface area contributed by atoms with Crippen LogP contribution >= 0.6 is 0 Å². The molecule has 0 saturated heterocycles. The summed E-state index contributed by atoms with van der Waals surface area (Å²) >= 11 is 0. The van der Waals surface area contributed by atoms with Gasteiger partial charge in [0.05, 0.1) is 13.5 Å². The van der Waals surface area contributed by atoms with Gasteiger partial charge in [0.1, 0.15) is 6.04 Å². The SMILES string of the molecule is COC(=O)CC1Nc2ccccc2CNC1=O. The molecule has 17 heavy (non-hydrogen) atoms. The number of amides is 1. The molecule has 1 heterocycles. The van der Waals surface area contributed by atoms with Gasteiger partial charge < -0.3 is 15.4 Å². The van der Waals surface area contributed by atoms with Gasteiger partial charge in [-0.3, -0.25) is 9.59 Å². The van der Waals surface area contributed by atoms with Crippen molar-refractivity contribution in [1.29, 1.82) is 0 Å². The standard InChI is InChI=1S/C12H14N2O3/c1-17-11(15)6-10-12(16)13-7-8-4-2-3-5-9(8)14-10/h2-5,10,14H,6-7H2,1H3,(H,13,16). The molecule has 0 aromatic heterocycles.